The summed E-state index contributed by atoms with van der Waals surface area (Å²) in [5.41, 5.74) is 3.82. The third-order valence-corrected chi connectivity index (χ3v) is 4.65. The van der Waals surface area contributed by atoms with E-state index >= 15 is 0 Å². The molecule has 0 unspecified atom stereocenters. The second kappa shape index (κ2) is 8.79. The topological polar surface area (TPSA) is 35.6 Å². The first-order valence-electron chi connectivity index (χ1n) is 9.00. The van der Waals surface area contributed by atoms with Gasteiger partial charge in [0.2, 0.25) is 5.91 Å². The first kappa shape index (κ1) is 17.6. The minimum Gasteiger partial charge on any atom is -0.351 e. The summed E-state index contributed by atoms with van der Waals surface area (Å²) in [6, 6.07) is 18.7. The van der Waals surface area contributed by atoms with Crippen LogP contribution in [0.5, 0.6) is 0 Å². The van der Waals surface area contributed by atoms with Gasteiger partial charge in [-0.1, -0.05) is 60.2 Å². The Morgan fingerprint density at radius 2 is 1.60 bits per heavy atom. The van der Waals surface area contributed by atoms with Crippen LogP contribution in [0.25, 0.3) is 0 Å². The third-order valence-electron chi connectivity index (χ3n) is 4.65. The molecule has 1 saturated heterocycles. The molecule has 0 atom stereocenters. The van der Waals surface area contributed by atoms with Gasteiger partial charge in [0.1, 0.15) is 0 Å². The highest BCUT2D eigenvalue weighted by atomic mass is 16.2. The van der Waals surface area contributed by atoms with Crippen LogP contribution in [0.1, 0.15) is 16.7 Å². The summed E-state index contributed by atoms with van der Waals surface area (Å²) in [5.74, 6) is 0.107. The van der Waals surface area contributed by atoms with Crippen molar-refractivity contribution in [1.29, 1.82) is 0 Å². The quantitative estimate of drug-likeness (QED) is 0.879. The zero-order valence-corrected chi connectivity index (χ0v) is 14.9. The molecular formula is C21H27N3O. The maximum atomic E-state index is 12.1. The largest absolute Gasteiger partial charge is 0.351 e. The van der Waals surface area contributed by atoms with Crippen LogP contribution in [-0.4, -0.2) is 48.4 Å². The fraction of sp³-hybridized carbons (Fsp3) is 0.381. The van der Waals surface area contributed by atoms with Gasteiger partial charge in [0.15, 0.2) is 0 Å². The highest BCUT2D eigenvalue weighted by Crippen LogP contribution is 2.10. The van der Waals surface area contributed by atoms with Gasteiger partial charge >= 0.3 is 0 Å². The maximum Gasteiger partial charge on any atom is 0.234 e. The fourth-order valence-corrected chi connectivity index (χ4v) is 3.23. The predicted molar refractivity (Wildman–Crippen MR) is 101 cm³/mol. The summed E-state index contributed by atoms with van der Waals surface area (Å²) in [6.45, 7) is 8.15. The molecule has 0 aliphatic carbocycles. The van der Waals surface area contributed by atoms with Crippen molar-refractivity contribution in [1.82, 2.24) is 15.1 Å². The van der Waals surface area contributed by atoms with Gasteiger partial charge in [0.05, 0.1) is 6.54 Å². The Morgan fingerprint density at radius 3 is 2.32 bits per heavy atom. The van der Waals surface area contributed by atoms with E-state index < -0.39 is 0 Å². The van der Waals surface area contributed by atoms with Crippen LogP contribution >= 0.6 is 0 Å². The average molecular weight is 337 g/mol. The van der Waals surface area contributed by atoms with Gasteiger partial charge < -0.3 is 5.32 Å². The van der Waals surface area contributed by atoms with Crippen molar-refractivity contribution in [2.24, 2.45) is 0 Å². The molecule has 4 nitrogen and oxygen atoms in total. The Morgan fingerprint density at radius 1 is 0.920 bits per heavy atom. The van der Waals surface area contributed by atoms with Gasteiger partial charge in [-0.05, 0) is 18.1 Å². The van der Waals surface area contributed by atoms with E-state index in [1.807, 2.05) is 30.3 Å². The molecule has 1 N–H and O–H groups in total. The second-order valence-corrected chi connectivity index (χ2v) is 6.80. The maximum absolute atomic E-state index is 12.1. The summed E-state index contributed by atoms with van der Waals surface area (Å²) in [4.78, 5) is 16.8. The van der Waals surface area contributed by atoms with E-state index in [4.69, 9.17) is 0 Å². The molecule has 1 fully saturated rings. The van der Waals surface area contributed by atoms with E-state index in [1.54, 1.807) is 0 Å². The number of hydrogen-bond acceptors (Lipinski definition) is 3. The van der Waals surface area contributed by atoms with E-state index in [1.165, 1.54) is 11.1 Å². The monoisotopic (exact) mass is 337 g/mol. The summed E-state index contributed by atoms with van der Waals surface area (Å²) >= 11 is 0. The van der Waals surface area contributed by atoms with Crippen molar-refractivity contribution in [3.8, 4) is 0 Å². The predicted octanol–water partition coefficient (Wildman–Crippen LogP) is 2.43. The lowest BCUT2D eigenvalue weighted by Crippen LogP contribution is -2.49. The first-order valence-corrected chi connectivity index (χ1v) is 9.00. The number of carbonyl (C=O) groups is 1. The van der Waals surface area contributed by atoms with Crippen molar-refractivity contribution in [3.05, 3.63) is 71.3 Å². The summed E-state index contributed by atoms with van der Waals surface area (Å²) in [7, 11) is 0. The summed E-state index contributed by atoms with van der Waals surface area (Å²) < 4.78 is 0. The number of carbonyl (C=O) groups excluding carboxylic acids is 1. The first-order chi connectivity index (χ1) is 12.2. The number of rotatable bonds is 6. The van der Waals surface area contributed by atoms with Crippen LogP contribution in [0, 0.1) is 6.92 Å². The minimum atomic E-state index is 0.107. The molecule has 132 valence electrons. The van der Waals surface area contributed by atoms with Crippen LogP contribution in [0.2, 0.25) is 0 Å². The Hall–Kier alpha value is -2.17. The molecular weight excluding hydrogens is 310 g/mol. The van der Waals surface area contributed by atoms with Gasteiger partial charge in [0.25, 0.3) is 0 Å². The lowest BCUT2D eigenvalue weighted by atomic mass is 10.1. The molecule has 0 bridgehead atoms. The third kappa shape index (κ3) is 5.69. The Balaban J connectivity index is 1.38. The van der Waals surface area contributed by atoms with Crippen LogP contribution in [0.3, 0.4) is 0 Å². The number of amides is 1. The molecule has 2 aromatic carbocycles. The van der Waals surface area contributed by atoms with E-state index in [-0.39, 0.29) is 5.91 Å². The Labute approximate surface area is 150 Å². The molecule has 0 radical (unpaired) electrons. The van der Waals surface area contributed by atoms with E-state index in [0.29, 0.717) is 13.1 Å². The van der Waals surface area contributed by atoms with Crippen molar-refractivity contribution >= 4 is 5.91 Å². The van der Waals surface area contributed by atoms with E-state index in [9.17, 15) is 4.79 Å². The van der Waals surface area contributed by atoms with Gasteiger partial charge in [-0.25, -0.2) is 0 Å². The van der Waals surface area contributed by atoms with Crippen LogP contribution in [-0.2, 0) is 17.9 Å². The normalized spacial score (nSPS) is 15.9. The number of benzene rings is 2. The van der Waals surface area contributed by atoms with Crippen molar-refractivity contribution in [3.63, 3.8) is 0 Å². The van der Waals surface area contributed by atoms with E-state index in [0.717, 1.165) is 38.3 Å². The molecule has 2 aromatic rings. The van der Waals surface area contributed by atoms with Crippen molar-refractivity contribution < 1.29 is 4.79 Å². The molecule has 4 heteroatoms. The average Bonchev–Trinajstić information content (AvgIpc) is 2.63. The molecule has 1 aliphatic heterocycles. The van der Waals surface area contributed by atoms with Gasteiger partial charge in [-0.2, -0.15) is 0 Å². The Bertz CT molecular complexity index is 679. The summed E-state index contributed by atoms with van der Waals surface area (Å²) in [5, 5.41) is 3.01. The standard InChI is InChI=1S/C21H27N3O/c1-18-6-5-9-20(14-18)16-23-10-12-24(13-11-23)17-21(25)22-15-19-7-3-2-4-8-19/h2-9,14H,10-13,15-17H2,1H3,(H,22,25). The molecule has 1 aliphatic rings. The zero-order chi connectivity index (χ0) is 17.5. The van der Waals surface area contributed by atoms with Gasteiger partial charge in [-0.3, -0.25) is 14.6 Å². The molecule has 3 rings (SSSR count). The molecule has 0 saturated carbocycles. The Kier molecular flexibility index (Phi) is 6.20. The van der Waals surface area contributed by atoms with E-state index in [2.05, 4.69) is 46.3 Å². The molecule has 1 amide bonds. The van der Waals surface area contributed by atoms with Crippen molar-refractivity contribution in [2.45, 2.75) is 20.0 Å². The number of aryl methyl sites for hydroxylation is 1. The van der Waals surface area contributed by atoms with Crippen LogP contribution in [0.15, 0.2) is 54.6 Å². The highest BCUT2D eigenvalue weighted by molar-refractivity contribution is 5.78. The number of nitrogens with one attached hydrogen (secondary N) is 1. The number of piperazine rings is 1. The molecule has 25 heavy (non-hydrogen) atoms. The zero-order valence-electron chi connectivity index (χ0n) is 14.9. The summed E-state index contributed by atoms with van der Waals surface area (Å²) in [6.07, 6.45) is 0. The lowest BCUT2D eigenvalue weighted by molar-refractivity contribution is -0.122. The van der Waals surface area contributed by atoms with Gasteiger partial charge in [0, 0.05) is 39.3 Å². The van der Waals surface area contributed by atoms with Crippen LogP contribution in [0.4, 0.5) is 0 Å². The lowest BCUT2D eigenvalue weighted by Gasteiger charge is -2.34. The minimum absolute atomic E-state index is 0.107. The highest BCUT2D eigenvalue weighted by Gasteiger charge is 2.18. The van der Waals surface area contributed by atoms with Gasteiger partial charge in [-0.15, -0.1) is 0 Å². The molecule has 1 heterocycles. The second-order valence-electron chi connectivity index (χ2n) is 6.80. The smallest absolute Gasteiger partial charge is 0.234 e. The number of hydrogen-bond donors (Lipinski definition) is 1. The molecule has 0 spiro atoms. The van der Waals surface area contributed by atoms with Crippen molar-refractivity contribution in [2.75, 3.05) is 32.7 Å². The SMILES string of the molecule is Cc1cccc(CN2CCN(CC(=O)NCc3ccccc3)CC2)c1. The fourth-order valence-electron chi connectivity index (χ4n) is 3.23. The molecule has 0 aromatic heterocycles. The van der Waals surface area contributed by atoms with Crippen LogP contribution < -0.4 is 5.32 Å². The number of nitrogens with zero attached hydrogens (tertiary/aromatic N) is 2.